The summed E-state index contributed by atoms with van der Waals surface area (Å²) in [7, 11) is 0. The van der Waals surface area contributed by atoms with E-state index in [0.717, 1.165) is 37.2 Å². The normalized spacial score (nSPS) is 16.9. The molecule has 4 rings (SSSR count). The Kier molecular flexibility index (Phi) is 6.83. The van der Waals surface area contributed by atoms with E-state index in [1.807, 2.05) is 26.8 Å². The Hall–Kier alpha value is -2.81. The number of fused-ring (bicyclic) bond motifs is 1. The highest BCUT2D eigenvalue weighted by Crippen LogP contribution is 2.39. The number of hydrogen-bond acceptors (Lipinski definition) is 8. The molecule has 32 heavy (non-hydrogen) atoms. The van der Waals surface area contributed by atoms with E-state index in [4.69, 9.17) is 21.1 Å². The monoisotopic (exact) mass is 460 g/mol. The maximum atomic E-state index is 12.2. The van der Waals surface area contributed by atoms with Crippen molar-refractivity contribution >= 4 is 35.0 Å². The first-order valence-corrected chi connectivity index (χ1v) is 11.4. The van der Waals surface area contributed by atoms with Crippen molar-refractivity contribution in [2.75, 3.05) is 36.5 Å². The van der Waals surface area contributed by atoms with Crippen molar-refractivity contribution in [2.24, 2.45) is 0 Å². The number of carbonyl (C=O) groups is 1. The van der Waals surface area contributed by atoms with Crippen molar-refractivity contribution in [3.05, 3.63) is 29.3 Å². The van der Waals surface area contributed by atoms with Crippen LogP contribution >= 0.6 is 11.6 Å². The number of amides is 1. The molecule has 0 radical (unpaired) electrons. The molecule has 2 aliphatic rings. The van der Waals surface area contributed by atoms with Gasteiger partial charge in [-0.25, -0.2) is 19.7 Å². The summed E-state index contributed by atoms with van der Waals surface area (Å²) in [6.45, 7) is 8.41. The minimum Gasteiger partial charge on any atom is -0.486 e. The summed E-state index contributed by atoms with van der Waals surface area (Å²) in [5.74, 6) is 1.95. The van der Waals surface area contributed by atoms with Gasteiger partial charge >= 0.3 is 6.09 Å². The average Bonchev–Trinajstić information content (AvgIpc) is 2.99. The van der Waals surface area contributed by atoms with E-state index < -0.39 is 0 Å². The van der Waals surface area contributed by atoms with Crippen LogP contribution in [0.1, 0.15) is 38.7 Å². The van der Waals surface area contributed by atoms with Crippen molar-refractivity contribution in [3.8, 4) is 5.75 Å². The van der Waals surface area contributed by atoms with E-state index in [0.29, 0.717) is 42.1 Å². The lowest BCUT2D eigenvalue weighted by Gasteiger charge is -2.38. The number of rotatable bonds is 4. The Balaban J connectivity index is 1.54. The highest BCUT2D eigenvalue weighted by Gasteiger charge is 2.32. The summed E-state index contributed by atoms with van der Waals surface area (Å²) >= 11 is 6.31. The Labute approximate surface area is 193 Å². The molecular formula is C22H29ClN6O3. The number of piperidine rings is 1. The molecule has 0 unspecified atom stereocenters. The second-order valence-electron chi connectivity index (χ2n) is 8.34. The van der Waals surface area contributed by atoms with Gasteiger partial charge < -0.3 is 24.6 Å². The number of aromatic nitrogens is 3. The number of ether oxygens (including phenoxy) is 2. The van der Waals surface area contributed by atoms with Gasteiger partial charge in [0.1, 0.15) is 6.33 Å². The summed E-state index contributed by atoms with van der Waals surface area (Å²) in [5, 5.41) is 3.67. The highest BCUT2D eigenvalue weighted by atomic mass is 35.5. The van der Waals surface area contributed by atoms with Crippen LogP contribution in [0.4, 0.5) is 22.1 Å². The SMILES string of the molecule is Cc1ccnc(Cl)c1Nc1ncnc2c1OCCCN2C1CCN(C(=O)OC(C)C)CC1. The van der Waals surface area contributed by atoms with Crippen LogP contribution in [0.25, 0.3) is 0 Å². The molecule has 1 saturated heterocycles. The molecule has 9 nitrogen and oxygen atoms in total. The van der Waals surface area contributed by atoms with Crippen LogP contribution in [0.5, 0.6) is 5.75 Å². The minimum absolute atomic E-state index is 0.116. The number of nitrogens with zero attached hydrogens (tertiary/aromatic N) is 5. The van der Waals surface area contributed by atoms with Crippen molar-refractivity contribution in [3.63, 3.8) is 0 Å². The van der Waals surface area contributed by atoms with Gasteiger partial charge in [-0.1, -0.05) is 11.6 Å². The molecule has 0 atom stereocenters. The second-order valence-corrected chi connectivity index (χ2v) is 8.70. The number of anilines is 3. The third-order valence-electron chi connectivity index (χ3n) is 5.70. The maximum absolute atomic E-state index is 12.2. The van der Waals surface area contributed by atoms with E-state index in [1.165, 1.54) is 6.33 Å². The Morgan fingerprint density at radius 1 is 1.25 bits per heavy atom. The van der Waals surface area contributed by atoms with Crippen molar-refractivity contribution in [1.29, 1.82) is 0 Å². The molecule has 0 spiro atoms. The van der Waals surface area contributed by atoms with Crippen LogP contribution < -0.4 is 15.0 Å². The zero-order valence-corrected chi connectivity index (χ0v) is 19.4. The van der Waals surface area contributed by atoms with E-state index >= 15 is 0 Å². The van der Waals surface area contributed by atoms with Gasteiger partial charge in [-0.05, 0) is 51.7 Å². The summed E-state index contributed by atoms with van der Waals surface area (Å²) in [5.41, 5.74) is 1.66. The molecule has 4 heterocycles. The molecule has 1 N–H and O–H groups in total. The third-order valence-corrected chi connectivity index (χ3v) is 5.99. The maximum Gasteiger partial charge on any atom is 0.410 e. The molecule has 0 aliphatic carbocycles. The van der Waals surface area contributed by atoms with Crippen LogP contribution in [0.2, 0.25) is 5.15 Å². The second kappa shape index (κ2) is 9.77. The fraction of sp³-hybridized carbons (Fsp3) is 0.545. The fourth-order valence-corrected chi connectivity index (χ4v) is 4.34. The van der Waals surface area contributed by atoms with Crippen molar-refractivity contribution < 1.29 is 14.3 Å². The molecule has 1 fully saturated rings. The van der Waals surface area contributed by atoms with Crippen molar-refractivity contribution in [2.45, 2.75) is 52.2 Å². The van der Waals surface area contributed by atoms with Gasteiger partial charge in [0.15, 0.2) is 16.8 Å². The van der Waals surface area contributed by atoms with E-state index in [2.05, 4.69) is 25.2 Å². The van der Waals surface area contributed by atoms with Gasteiger partial charge in [0, 0.05) is 31.9 Å². The lowest BCUT2D eigenvalue weighted by molar-refractivity contribution is 0.0690. The standard InChI is InChI=1S/C22H29ClN6O3/c1-14(2)32-22(30)28-10-6-16(7-11-28)29-9-4-12-31-18-20(25-13-26-21(18)29)27-17-15(3)5-8-24-19(17)23/h5,8,13-14,16H,4,6-7,9-12H2,1-3H3,(H,25,26,27). The number of likely N-dealkylation sites (tertiary alicyclic amines) is 1. The minimum atomic E-state index is -0.240. The molecule has 0 saturated carbocycles. The number of nitrogens with one attached hydrogen (secondary N) is 1. The zero-order valence-electron chi connectivity index (χ0n) is 18.7. The predicted octanol–water partition coefficient (Wildman–Crippen LogP) is 4.18. The van der Waals surface area contributed by atoms with Gasteiger partial charge in [0.05, 0.1) is 18.4 Å². The molecule has 1 amide bonds. The summed E-state index contributed by atoms with van der Waals surface area (Å²) in [6.07, 6.45) is 5.41. The molecule has 0 aromatic carbocycles. The first-order chi connectivity index (χ1) is 15.4. The third kappa shape index (κ3) is 4.82. The average molecular weight is 461 g/mol. The number of hydrogen-bond donors (Lipinski definition) is 1. The van der Waals surface area contributed by atoms with Crippen LogP contribution in [0, 0.1) is 6.92 Å². The van der Waals surface area contributed by atoms with Crippen LogP contribution in [-0.2, 0) is 4.74 Å². The van der Waals surface area contributed by atoms with Crippen LogP contribution in [0.3, 0.4) is 0 Å². The Bertz CT molecular complexity index is 944. The summed E-state index contributed by atoms with van der Waals surface area (Å²) in [4.78, 5) is 29.5. The van der Waals surface area contributed by atoms with Gasteiger partial charge in [-0.15, -0.1) is 0 Å². The molecule has 2 aromatic rings. The van der Waals surface area contributed by atoms with Crippen LogP contribution in [-0.4, -0.2) is 64.3 Å². The van der Waals surface area contributed by atoms with Gasteiger partial charge in [-0.2, -0.15) is 0 Å². The summed E-state index contributed by atoms with van der Waals surface area (Å²) < 4.78 is 11.4. The Morgan fingerprint density at radius 2 is 2.03 bits per heavy atom. The smallest absolute Gasteiger partial charge is 0.410 e. The first-order valence-electron chi connectivity index (χ1n) is 11.0. The van der Waals surface area contributed by atoms with E-state index in [-0.39, 0.29) is 18.2 Å². The number of carbonyl (C=O) groups excluding carboxylic acids is 1. The Morgan fingerprint density at radius 3 is 2.75 bits per heavy atom. The van der Waals surface area contributed by atoms with E-state index in [1.54, 1.807) is 11.1 Å². The quantitative estimate of drug-likeness (QED) is 0.679. The fourth-order valence-electron chi connectivity index (χ4n) is 4.09. The molecule has 10 heteroatoms. The van der Waals surface area contributed by atoms with Gasteiger partial charge in [0.25, 0.3) is 0 Å². The number of halogens is 1. The molecule has 2 aromatic heterocycles. The molecule has 172 valence electrons. The molecular weight excluding hydrogens is 432 g/mol. The summed E-state index contributed by atoms with van der Waals surface area (Å²) in [6, 6.07) is 2.14. The number of aryl methyl sites for hydroxylation is 1. The van der Waals surface area contributed by atoms with Crippen molar-refractivity contribution in [1.82, 2.24) is 19.9 Å². The lowest BCUT2D eigenvalue weighted by atomic mass is 10.0. The van der Waals surface area contributed by atoms with E-state index in [9.17, 15) is 4.79 Å². The van der Waals surface area contributed by atoms with Gasteiger partial charge in [-0.3, -0.25) is 0 Å². The first kappa shape index (κ1) is 22.4. The lowest BCUT2D eigenvalue weighted by Crippen LogP contribution is -2.47. The predicted molar refractivity (Wildman–Crippen MR) is 123 cm³/mol. The topological polar surface area (TPSA) is 92.7 Å². The van der Waals surface area contributed by atoms with Gasteiger partial charge in [0.2, 0.25) is 5.75 Å². The number of pyridine rings is 1. The molecule has 0 bridgehead atoms. The zero-order chi connectivity index (χ0) is 22.7. The van der Waals surface area contributed by atoms with Crippen LogP contribution in [0.15, 0.2) is 18.6 Å². The molecule has 2 aliphatic heterocycles. The largest absolute Gasteiger partial charge is 0.486 e. The highest BCUT2D eigenvalue weighted by molar-refractivity contribution is 6.32.